The third-order valence-corrected chi connectivity index (χ3v) is 5.72. The predicted octanol–water partition coefficient (Wildman–Crippen LogP) is 5.36. The smallest absolute Gasteiger partial charge is 0.294 e. The highest BCUT2D eigenvalue weighted by Gasteiger charge is 2.34. The largest absolute Gasteiger partial charge is 0.493 e. The van der Waals surface area contributed by atoms with Gasteiger partial charge in [-0.2, -0.15) is 0 Å². The van der Waals surface area contributed by atoms with E-state index in [9.17, 15) is 9.59 Å². The van der Waals surface area contributed by atoms with Crippen LogP contribution in [0, 0.1) is 12.3 Å². The van der Waals surface area contributed by atoms with Gasteiger partial charge in [-0.1, -0.05) is 29.7 Å². The Morgan fingerprint density at radius 3 is 2.66 bits per heavy atom. The molecule has 0 spiro atoms. The van der Waals surface area contributed by atoms with Crippen LogP contribution in [0.1, 0.15) is 11.1 Å². The van der Waals surface area contributed by atoms with Crippen LogP contribution in [-0.4, -0.2) is 29.7 Å². The summed E-state index contributed by atoms with van der Waals surface area (Å²) < 4.78 is 12.0. The highest BCUT2D eigenvalue weighted by atomic mass is 79.9. The minimum absolute atomic E-state index is 0.0491. The van der Waals surface area contributed by atoms with Crippen LogP contribution in [0.4, 0.5) is 4.79 Å². The number of hydrogen-bond acceptors (Lipinski definition) is 5. The zero-order valence-electron chi connectivity index (χ0n) is 15.3. The van der Waals surface area contributed by atoms with Gasteiger partial charge in [-0.05, 0) is 69.2 Å². The summed E-state index contributed by atoms with van der Waals surface area (Å²) in [5.41, 5.74) is 1.63. The van der Waals surface area contributed by atoms with Crippen LogP contribution in [0.3, 0.4) is 0 Å². The van der Waals surface area contributed by atoms with Crippen molar-refractivity contribution in [2.45, 2.75) is 6.61 Å². The van der Waals surface area contributed by atoms with E-state index in [2.05, 4.69) is 21.9 Å². The first-order valence-electron chi connectivity index (χ1n) is 8.36. The van der Waals surface area contributed by atoms with Crippen molar-refractivity contribution in [2.75, 3.05) is 13.7 Å². The van der Waals surface area contributed by atoms with Crippen molar-refractivity contribution in [2.24, 2.45) is 0 Å². The lowest BCUT2D eigenvalue weighted by Gasteiger charge is -2.14. The highest BCUT2D eigenvalue weighted by molar-refractivity contribution is 9.10. The van der Waals surface area contributed by atoms with Gasteiger partial charge < -0.3 is 9.47 Å². The third kappa shape index (κ3) is 4.96. The number of terminal acetylenes is 1. The van der Waals surface area contributed by atoms with Crippen molar-refractivity contribution in [1.29, 1.82) is 0 Å². The first-order valence-corrected chi connectivity index (χ1v) is 10.3. The number of carbonyl (C=O) groups is 2. The lowest BCUT2D eigenvalue weighted by atomic mass is 10.1. The quantitative estimate of drug-likeness (QED) is 0.401. The summed E-state index contributed by atoms with van der Waals surface area (Å²) in [6.07, 6.45) is 6.84. The Labute approximate surface area is 186 Å². The lowest BCUT2D eigenvalue weighted by molar-refractivity contribution is -0.122. The average molecular weight is 493 g/mol. The van der Waals surface area contributed by atoms with Crippen LogP contribution >= 0.6 is 39.3 Å². The molecule has 0 radical (unpaired) electrons. The summed E-state index contributed by atoms with van der Waals surface area (Å²) >= 11 is 10.2. The molecule has 0 N–H and O–H groups in total. The molecule has 1 fully saturated rings. The number of rotatable bonds is 6. The maximum absolute atomic E-state index is 12.3. The SMILES string of the molecule is C#CCN1C(=O)SC(=Cc2cc(Br)c(OCc3ccc(Cl)cc3)c(OC)c2)C1=O. The minimum Gasteiger partial charge on any atom is -0.493 e. The second kappa shape index (κ2) is 9.40. The Kier molecular flexibility index (Phi) is 6.91. The standard InChI is InChI=1S/C21H15BrClNO4S/c1-3-8-24-20(25)18(29-21(24)26)11-14-9-16(22)19(17(10-14)27-2)28-12-13-4-6-15(23)7-5-13/h1,4-7,9-11H,8,12H2,2H3. The van der Waals surface area contributed by atoms with Crippen LogP contribution in [0.25, 0.3) is 6.08 Å². The molecule has 5 nitrogen and oxygen atoms in total. The molecule has 1 aliphatic heterocycles. The molecule has 0 aliphatic carbocycles. The third-order valence-electron chi connectivity index (χ3n) is 3.97. The number of hydrogen-bond donors (Lipinski definition) is 0. The van der Waals surface area contributed by atoms with Gasteiger partial charge in [-0.25, -0.2) is 0 Å². The molecule has 0 atom stereocenters. The van der Waals surface area contributed by atoms with Crippen molar-refractivity contribution in [1.82, 2.24) is 4.90 Å². The van der Waals surface area contributed by atoms with E-state index in [-0.39, 0.29) is 11.8 Å². The zero-order chi connectivity index (χ0) is 21.0. The van der Waals surface area contributed by atoms with E-state index in [1.807, 2.05) is 12.1 Å². The van der Waals surface area contributed by atoms with Gasteiger partial charge in [-0.15, -0.1) is 6.42 Å². The van der Waals surface area contributed by atoms with Gasteiger partial charge in [0.1, 0.15) is 6.61 Å². The molecule has 3 rings (SSSR count). The first-order chi connectivity index (χ1) is 13.9. The van der Waals surface area contributed by atoms with Gasteiger partial charge in [0.2, 0.25) is 0 Å². The van der Waals surface area contributed by atoms with Crippen molar-refractivity contribution < 1.29 is 19.1 Å². The van der Waals surface area contributed by atoms with Crippen LogP contribution < -0.4 is 9.47 Å². The van der Waals surface area contributed by atoms with Crippen molar-refractivity contribution >= 4 is 56.5 Å². The maximum Gasteiger partial charge on any atom is 0.294 e. The maximum atomic E-state index is 12.3. The van der Waals surface area contributed by atoms with Gasteiger partial charge in [0, 0.05) is 5.02 Å². The van der Waals surface area contributed by atoms with E-state index in [0.717, 1.165) is 22.2 Å². The molecule has 29 heavy (non-hydrogen) atoms. The van der Waals surface area contributed by atoms with Crippen LogP contribution in [0.15, 0.2) is 45.8 Å². The van der Waals surface area contributed by atoms with Gasteiger partial charge in [0.15, 0.2) is 11.5 Å². The molecule has 8 heteroatoms. The Balaban J connectivity index is 1.83. The van der Waals surface area contributed by atoms with Gasteiger partial charge in [-0.3, -0.25) is 14.5 Å². The average Bonchev–Trinajstić information content (AvgIpc) is 2.96. The highest BCUT2D eigenvalue weighted by Crippen LogP contribution is 2.39. The van der Waals surface area contributed by atoms with E-state index in [0.29, 0.717) is 38.1 Å². The van der Waals surface area contributed by atoms with Crippen molar-refractivity contribution in [3.05, 3.63) is 61.9 Å². The molecule has 2 aromatic carbocycles. The Bertz CT molecular complexity index is 1030. The number of carbonyl (C=O) groups excluding carboxylic acids is 2. The first kappa shape index (κ1) is 21.3. The molecule has 0 saturated carbocycles. The molecule has 148 valence electrons. The monoisotopic (exact) mass is 491 g/mol. The van der Waals surface area contributed by atoms with Gasteiger partial charge in [0.05, 0.1) is 23.0 Å². The number of nitrogens with zero attached hydrogens (tertiary/aromatic N) is 1. The van der Waals surface area contributed by atoms with Crippen LogP contribution in [0.5, 0.6) is 11.5 Å². The summed E-state index contributed by atoms with van der Waals surface area (Å²) in [6.45, 7) is 0.281. The molecular weight excluding hydrogens is 478 g/mol. The second-order valence-corrected chi connectivity index (χ2v) is 8.21. The van der Waals surface area contributed by atoms with Crippen molar-refractivity contribution in [3.8, 4) is 23.8 Å². The topological polar surface area (TPSA) is 55.8 Å². The van der Waals surface area contributed by atoms with Gasteiger partial charge >= 0.3 is 0 Å². The molecule has 2 aromatic rings. The number of amides is 2. The Morgan fingerprint density at radius 2 is 2.00 bits per heavy atom. The number of benzene rings is 2. The second-order valence-electron chi connectivity index (χ2n) is 5.92. The minimum atomic E-state index is -0.406. The summed E-state index contributed by atoms with van der Waals surface area (Å²) in [5, 5.41) is 0.275. The lowest BCUT2D eigenvalue weighted by Crippen LogP contribution is -2.28. The van der Waals surface area contributed by atoms with Crippen LogP contribution in [-0.2, 0) is 11.4 Å². The normalized spacial score (nSPS) is 15.0. The van der Waals surface area contributed by atoms with E-state index >= 15 is 0 Å². The number of methoxy groups -OCH3 is 1. The molecule has 1 saturated heterocycles. The molecule has 1 heterocycles. The van der Waals surface area contributed by atoms with Crippen LogP contribution in [0.2, 0.25) is 5.02 Å². The molecule has 0 unspecified atom stereocenters. The van der Waals surface area contributed by atoms with Gasteiger partial charge in [0.25, 0.3) is 11.1 Å². The number of ether oxygens (including phenoxy) is 2. The van der Waals surface area contributed by atoms with E-state index in [1.54, 1.807) is 30.3 Å². The summed E-state index contributed by atoms with van der Waals surface area (Å²) in [7, 11) is 1.53. The Hall–Kier alpha value is -2.40. The molecule has 0 bridgehead atoms. The predicted molar refractivity (Wildman–Crippen MR) is 118 cm³/mol. The summed E-state index contributed by atoms with van der Waals surface area (Å²) in [5.74, 6) is 2.92. The molecule has 2 amide bonds. The van der Waals surface area contributed by atoms with E-state index in [1.165, 1.54) is 7.11 Å². The molecular formula is C21H15BrClNO4S. The van der Waals surface area contributed by atoms with Crippen molar-refractivity contribution in [3.63, 3.8) is 0 Å². The fourth-order valence-corrected chi connectivity index (χ4v) is 4.12. The number of thioether (sulfide) groups is 1. The van der Waals surface area contributed by atoms with E-state index in [4.69, 9.17) is 27.5 Å². The fourth-order valence-electron chi connectivity index (χ4n) is 2.58. The fraction of sp³-hybridized carbons (Fsp3) is 0.143. The van der Waals surface area contributed by atoms with E-state index < -0.39 is 5.91 Å². The zero-order valence-corrected chi connectivity index (χ0v) is 18.4. The number of halogens is 2. The Morgan fingerprint density at radius 1 is 1.28 bits per heavy atom. The number of imide groups is 1. The molecule has 1 aliphatic rings. The molecule has 0 aromatic heterocycles. The summed E-state index contributed by atoms with van der Waals surface area (Å²) in [6, 6.07) is 10.9. The summed E-state index contributed by atoms with van der Waals surface area (Å²) in [4.78, 5) is 25.6.